The molecule has 0 aromatic heterocycles. The molecule has 0 radical (unpaired) electrons. The van der Waals surface area contributed by atoms with Crippen molar-refractivity contribution in [2.24, 2.45) is 0 Å². The summed E-state index contributed by atoms with van der Waals surface area (Å²) in [6, 6.07) is 6.27. The van der Waals surface area contributed by atoms with E-state index < -0.39 is 107 Å². The molecule has 0 unspecified atom stereocenters. The summed E-state index contributed by atoms with van der Waals surface area (Å²) >= 11 is 0. The largest absolute Gasteiger partial charge is 0.444 e. The minimum absolute atomic E-state index is 0.0380. The molecule has 1 aliphatic rings. The van der Waals surface area contributed by atoms with Crippen LogP contribution in [0.25, 0.3) is 0 Å². The molecule has 0 fully saturated rings. The molecule has 0 saturated heterocycles. The Morgan fingerprint density at radius 3 is 1.08 bits per heavy atom. The zero-order valence-corrected chi connectivity index (χ0v) is 43.4. The number of hydrogen-bond acceptors (Lipinski definition) is 14. The summed E-state index contributed by atoms with van der Waals surface area (Å²) in [7, 11) is 0. The summed E-state index contributed by atoms with van der Waals surface area (Å²) in [5.74, 6) is -4.38. The van der Waals surface area contributed by atoms with Crippen molar-refractivity contribution in [1.29, 1.82) is 0 Å². The summed E-state index contributed by atoms with van der Waals surface area (Å²) in [4.78, 5) is 131. The van der Waals surface area contributed by atoms with E-state index in [9.17, 15) is 47.9 Å². The van der Waals surface area contributed by atoms with Gasteiger partial charge in [-0.25, -0.2) is 19.2 Å². The van der Waals surface area contributed by atoms with E-state index in [1.165, 1.54) is 24.3 Å². The van der Waals surface area contributed by atoms with Gasteiger partial charge in [-0.2, -0.15) is 0 Å². The lowest BCUT2D eigenvalue weighted by molar-refractivity contribution is -0.126. The number of carbonyl (C=O) groups excluding carboxylic acids is 10. The third-order valence-electron chi connectivity index (χ3n) is 9.66. The first-order valence-electron chi connectivity index (χ1n) is 23.8. The fourth-order valence-corrected chi connectivity index (χ4v) is 6.79. The highest BCUT2D eigenvalue weighted by molar-refractivity contribution is 6.32. The Bertz CT molecular complexity index is 2180. The van der Waals surface area contributed by atoms with Gasteiger partial charge in [-0.05, 0) is 134 Å². The lowest BCUT2D eigenvalue weighted by Gasteiger charge is -2.24. The number of ketones is 2. The zero-order chi connectivity index (χ0) is 54.2. The van der Waals surface area contributed by atoms with Gasteiger partial charge < -0.3 is 61.5 Å². The monoisotopic (exact) mass is 1010 g/mol. The predicted molar refractivity (Wildman–Crippen MR) is 266 cm³/mol. The van der Waals surface area contributed by atoms with Crippen molar-refractivity contribution in [2.45, 2.75) is 156 Å². The first kappa shape index (κ1) is 59.1. The number of hydrogen-bond donors (Lipinski definition) is 8. The quantitative estimate of drug-likeness (QED) is 0.0494. The summed E-state index contributed by atoms with van der Waals surface area (Å²) < 4.78 is 21.1. The lowest BCUT2D eigenvalue weighted by atomic mass is 9.82. The molecule has 22 nitrogen and oxygen atoms in total. The second kappa shape index (κ2) is 25.7. The van der Waals surface area contributed by atoms with Crippen molar-refractivity contribution in [3.8, 4) is 0 Å². The van der Waals surface area contributed by atoms with Crippen LogP contribution in [0.4, 0.5) is 30.6 Å². The third kappa shape index (κ3) is 21.0. The molecule has 0 spiro atoms. The van der Waals surface area contributed by atoms with Crippen LogP contribution in [0.5, 0.6) is 0 Å². The average molecular weight is 1010 g/mol. The van der Waals surface area contributed by atoms with Crippen LogP contribution in [0.3, 0.4) is 0 Å². The van der Waals surface area contributed by atoms with Crippen LogP contribution in [-0.4, -0.2) is 120 Å². The Balaban J connectivity index is 1.76. The molecule has 0 saturated carbocycles. The zero-order valence-electron chi connectivity index (χ0n) is 43.4. The van der Waals surface area contributed by atoms with Gasteiger partial charge in [0.2, 0.25) is 23.6 Å². The predicted octanol–water partition coefficient (Wildman–Crippen LogP) is 5.75. The van der Waals surface area contributed by atoms with E-state index in [4.69, 9.17) is 18.9 Å². The highest BCUT2D eigenvalue weighted by Crippen LogP contribution is 2.36. The van der Waals surface area contributed by atoms with Crippen molar-refractivity contribution >= 4 is 70.9 Å². The van der Waals surface area contributed by atoms with Gasteiger partial charge in [-0.15, -0.1) is 0 Å². The molecular formula is C50H72N8O14. The second-order valence-electron chi connectivity index (χ2n) is 20.9. The van der Waals surface area contributed by atoms with Gasteiger partial charge in [0.1, 0.15) is 34.5 Å². The minimum Gasteiger partial charge on any atom is -0.444 e. The van der Waals surface area contributed by atoms with Crippen molar-refractivity contribution in [2.75, 3.05) is 36.8 Å². The number of nitrogens with one attached hydrogen (secondary N) is 8. The van der Waals surface area contributed by atoms with Gasteiger partial charge in [0.25, 0.3) is 0 Å². The van der Waals surface area contributed by atoms with Crippen LogP contribution < -0.4 is 42.5 Å². The van der Waals surface area contributed by atoms with E-state index >= 15 is 0 Å². The van der Waals surface area contributed by atoms with Crippen LogP contribution in [0.1, 0.15) is 153 Å². The molecule has 22 heteroatoms. The number of fused-ring (bicyclic) bond motifs is 2. The van der Waals surface area contributed by atoms with Crippen LogP contribution in [0.2, 0.25) is 0 Å². The van der Waals surface area contributed by atoms with Crippen LogP contribution in [0.15, 0.2) is 36.4 Å². The molecule has 8 N–H and O–H groups in total. The summed E-state index contributed by atoms with van der Waals surface area (Å²) in [5, 5.41) is 20.4. The highest BCUT2D eigenvalue weighted by atomic mass is 16.6. The summed E-state index contributed by atoms with van der Waals surface area (Å²) in [5.41, 5.74) is -3.77. The molecular weight excluding hydrogens is 937 g/mol. The van der Waals surface area contributed by atoms with Crippen molar-refractivity contribution in [3.05, 3.63) is 58.7 Å². The van der Waals surface area contributed by atoms with Gasteiger partial charge in [0, 0.05) is 24.2 Å². The first-order valence-corrected chi connectivity index (χ1v) is 23.8. The Hall–Kier alpha value is -7.26. The van der Waals surface area contributed by atoms with Gasteiger partial charge >= 0.3 is 24.4 Å². The van der Waals surface area contributed by atoms with Crippen LogP contribution >= 0.6 is 0 Å². The Kier molecular flexibility index (Phi) is 21.1. The van der Waals surface area contributed by atoms with Gasteiger partial charge in [0.05, 0.1) is 35.6 Å². The standard InChI is InChI=1S/C50H72N8O14/c1-47(2,3)69-43(65)51-25-17-15-21-33(57-45(67)71-49(7,8)9)41(63)53-27-35(59)55-31-23-24-32(38-37(31)39(61)29-19-13-14-20-30(29)40(38)62)56-36(60)28-54-42(64)34(58-46(68)72-50(10,11)12)22-16-18-26-52-44(66)70-48(4,5)6/h13-14,19-20,23-24,33-34H,15-18,21-22,25-28H2,1-12H3,(H,51,65)(H,52,66)(H,53,63)(H,54,64)(H,55,59)(H,56,60)(H,57,67)(H,58,68)/t33-,34-/m0/s1. The smallest absolute Gasteiger partial charge is 0.408 e. The number of rotatable bonds is 20. The molecule has 3 rings (SSSR count). The normalized spacial score (nSPS) is 13.1. The molecule has 396 valence electrons. The summed E-state index contributed by atoms with van der Waals surface area (Å²) in [6.45, 7) is 19.5. The Morgan fingerprint density at radius 2 is 0.764 bits per heavy atom. The van der Waals surface area contributed by atoms with E-state index in [1.54, 1.807) is 95.2 Å². The van der Waals surface area contributed by atoms with Crippen molar-refractivity contribution in [3.63, 3.8) is 0 Å². The number of unbranched alkanes of at least 4 members (excludes halogenated alkanes) is 2. The third-order valence-corrected chi connectivity index (χ3v) is 9.66. The molecule has 0 bridgehead atoms. The Labute approximate surface area is 420 Å². The molecule has 2 aromatic carbocycles. The van der Waals surface area contributed by atoms with E-state index in [0.29, 0.717) is 25.7 Å². The van der Waals surface area contributed by atoms with E-state index in [0.717, 1.165) is 0 Å². The topological polar surface area (TPSA) is 304 Å². The number of amides is 8. The molecule has 0 aliphatic heterocycles. The molecule has 1 aliphatic carbocycles. The number of carbonyl (C=O) groups is 10. The lowest BCUT2D eigenvalue weighted by Crippen LogP contribution is -2.49. The highest BCUT2D eigenvalue weighted by Gasteiger charge is 2.35. The molecule has 0 heterocycles. The maximum Gasteiger partial charge on any atom is 0.408 e. The number of ether oxygens (including phenoxy) is 4. The van der Waals surface area contributed by atoms with E-state index in [1.807, 2.05) is 0 Å². The fourth-order valence-electron chi connectivity index (χ4n) is 6.79. The molecule has 2 aromatic rings. The van der Waals surface area contributed by atoms with E-state index in [2.05, 4.69) is 42.5 Å². The minimum atomic E-state index is -1.16. The first-order chi connectivity index (χ1) is 33.3. The maximum absolute atomic E-state index is 14.1. The number of benzene rings is 2. The van der Waals surface area contributed by atoms with Crippen molar-refractivity contribution < 1.29 is 66.9 Å². The fraction of sp³-hybridized carbons (Fsp3) is 0.560. The van der Waals surface area contributed by atoms with Gasteiger partial charge in [0.15, 0.2) is 11.6 Å². The summed E-state index contributed by atoms with van der Waals surface area (Å²) in [6.07, 6.45) is -1.21. The molecule has 2 atom stereocenters. The SMILES string of the molecule is CC(C)(C)OC(=O)NCCCC[C@H](NC(=O)OC(C)(C)C)C(=O)NCC(=O)Nc1ccc(NC(=O)CNC(=O)[C@H](CCCCNC(=O)OC(C)(C)C)NC(=O)OC(C)(C)C)c2c1C(=O)c1ccccc1C2=O. The Morgan fingerprint density at radius 1 is 0.444 bits per heavy atom. The van der Waals surface area contributed by atoms with Crippen molar-refractivity contribution in [1.82, 2.24) is 31.9 Å². The average Bonchev–Trinajstić information content (AvgIpc) is 3.23. The van der Waals surface area contributed by atoms with Crippen LogP contribution in [0, 0.1) is 0 Å². The number of anilines is 2. The van der Waals surface area contributed by atoms with Crippen LogP contribution in [-0.2, 0) is 38.1 Å². The van der Waals surface area contributed by atoms with E-state index in [-0.39, 0.29) is 59.6 Å². The maximum atomic E-state index is 14.1. The second-order valence-corrected chi connectivity index (χ2v) is 20.9. The van der Waals surface area contributed by atoms with Gasteiger partial charge in [-0.1, -0.05) is 24.3 Å². The number of alkyl carbamates (subject to hydrolysis) is 4. The molecule has 8 amide bonds. The molecule has 72 heavy (non-hydrogen) atoms. The van der Waals surface area contributed by atoms with Gasteiger partial charge in [-0.3, -0.25) is 28.8 Å².